The first-order chi connectivity index (χ1) is 11.7. The van der Waals surface area contributed by atoms with Gasteiger partial charge in [0.25, 0.3) is 5.91 Å². The molecule has 0 fully saturated rings. The molecular formula is C16H13Cl2F3N2O2. The zero-order valence-electron chi connectivity index (χ0n) is 12.7. The minimum atomic E-state index is -4.37. The number of alkyl halides is 3. The van der Waals surface area contributed by atoms with E-state index in [0.29, 0.717) is 16.8 Å². The molecular weight excluding hydrogens is 380 g/mol. The van der Waals surface area contributed by atoms with E-state index in [9.17, 15) is 18.0 Å². The fraction of sp³-hybridized carbons (Fsp3) is 0.188. The zero-order valence-corrected chi connectivity index (χ0v) is 14.2. The van der Waals surface area contributed by atoms with Gasteiger partial charge >= 0.3 is 6.18 Å². The number of benzene rings is 2. The Morgan fingerprint density at radius 1 is 1.12 bits per heavy atom. The first-order valence-corrected chi connectivity index (χ1v) is 7.70. The van der Waals surface area contributed by atoms with Crippen molar-refractivity contribution in [1.82, 2.24) is 0 Å². The van der Waals surface area contributed by atoms with Gasteiger partial charge in [0.2, 0.25) is 0 Å². The van der Waals surface area contributed by atoms with Crippen molar-refractivity contribution in [2.24, 2.45) is 0 Å². The Kier molecular flexibility index (Phi) is 6.16. The summed E-state index contributed by atoms with van der Waals surface area (Å²) in [5, 5.41) is 3.02. The van der Waals surface area contributed by atoms with Crippen LogP contribution in [0, 0.1) is 0 Å². The first kappa shape index (κ1) is 19.4. The maximum absolute atomic E-state index is 12.2. The monoisotopic (exact) mass is 392 g/mol. The number of carbonyl (C=O) groups is 1. The zero-order chi connectivity index (χ0) is 18.6. The van der Waals surface area contributed by atoms with Crippen molar-refractivity contribution in [2.45, 2.75) is 12.8 Å². The Morgan fingerprint density at radius 2 is 1.68 bits per heavy atom. The van der Waals surface area contributed by atoms with Crippen LogP contribution in [0.2, 0.25) is 10.0 Å². The smallest absolute Gasteiger partial charge is 0.396 e. The van der Waals surface area contributed by atoms with Crippen LogP contribution in [0.3, 0.4) is 0 Å². The number of nitrogens with two attached hydrogens (primary N) is 1. The van der Waals surface area contributed by atoms with E-state index >= 15 is 0 Å². The molecule has 0 aromatic heterocycles. The average molecular weight is 393 g/mol. The molecule has 0 saturated heterocycles. The SMILES string of the molecule is Nc1c(Cl)cc(NC(=O)c2ccc(COCC(F)(F)F)cc2)cc1Cl. The van der Waals surface area contributed by atoms with Crippen LogP contribution in [0.4, 0.5) is 24.5 Å². The Hall–Kier alpha value is -1.96. The lowest BCUT2D eigenvalue weighted by molar-refractivity contribution is -0.176. The van der Waals surface area contributed by atoms with Gasteiger partial charge in [-0.05, 0) is 29.8 Å². The van der Waals surface area contributed by atoms with Gasteiger partial charge in [0.15, 0.2) is 0 Å². The number of halogens is 5. The second-order valence-electron chi connectivity index (χ2n) is 5.11. The fourth-order valence-electron chi connectivity index (χ4n) is 1.90. The minimum absolute atomic E-state index is 0.204. The molecule has 9 heteroatoms. The Labute approximate surface area is 151 Å². The summed E-state index contributed by atoms with van der Waals surface area (Å²) in [6, 6.07) is 8.88. The molecule has 0 bridgehead atoms. The van der Waals surface area contributed by atoms with Gasteiger partial charge in [-0.3, -0.25) is 4.79 Å². The predicted octanol–water partition coefficient (Wildman–Crippen LogP) is 4.91. The normalized spacial score (nSPS) is 11.4. The highest BCUT2D eigenvalue weighted by Gasteiger charge is 2.27. The molecule has 0 aliphatic heterocycles. The molecule has 0 radical (unpaired) electrons. The van der Waals surface area contributed by atoms with Crippen LogP contribution in [0.25, 0.3) is 0 Å². The van der Waals surface area contributed by atoms with Crippen LogP contribution in [-0.4, -0.2) is 18.7 Å². The van der Waals surface area contributed by atoms with Gasteiger partial charge in [-0.15, -0.1) is 0 Å². The summed E-state index contributed by atoms with van der Waals surface area (Å²) in [5.74, 6) is -0.431. The number of carbonyl (C=O) groups excluding carboxylic acids is 1. The highest BCUT2D eigenvalue weighted by molar-refractivity contribution is 6.39. The minimum Gasteiger partial charge on any atom is -0.396 e. The third-order valence-electron chi connectivity index (χ3n) is 3.09. The molecule has 0 aliphatic rings. The lowest BCUT2D eigenvalue weighted by Gasteiger charge is -2.10. The summed E-state index contributed by atoms with van der Waals surface area (Å²) in [4.78, 5) is 12.2. The highest BCUT2D eigenvalue weighted by Crippen LogP contribution is 2.31. The summed E-state index contributed by atoms with van der Waals surface area (Å²) in [7, 11) is 0. The van der Waals surface area contributed by atoms with E-state index in [1.807, 2.05) is 0 Å². The molecule has 3 N–H and O–H groups in total. The number of anilines is 2. The molecule has 25 heavy (non-hydrogen) atoms. The van der Waals surface area contributed by atoms with E-state index in [4.69, 9.17) is 28.9 Å². The maximum Gasteiger partial charge on any atom is 0.411 e. The molecule has 2 aromatic rings. The molecule has 0 spiro atoms. The van der Waals surface area contributed by atoms with Gasteiger partial charge in [0.05, 0.1) is 22.3 Å². The van der Waals surface area contributed by atoms with E-state index in [1.54, 1.807) is 0 Å². The van der Waals surface area contributed by atoms with Crippen LogP contribution < -0.4 is 11.1 Å². The summed E-state index contributed by atoms with van der Waals surface area (Å²) in [5.41, 5.74) is 7.02. The third kappa shape index (κ3) is 5.81. The molecule has 134 valence electrons. The number of nitrogens with one attached hydrogen (secondary N) is 1. The summed E-state index contributed by atoms with van der Waals surface area (Å²) in [6.07, 6.45) is -4.37. The number of nitrogen functional groups attached to an aromatic ring is 1. The van der Waals surface area contributed by atoms with Crippen LogP contribution in [0.15, 0.2) is 36.4 Å². The van der Waals surface area contributed by atoms with Gasteiger partial charge in [0.1, 0.15) is 6.61 Å². The second kappa shape index (κ2) is 7.95. The van der Waals surface area contributed by atoms with Crippen molar-refractivity contribution in [3.05, 3.63) is 57.6 Å². The van der Waals surface area contributed by atoms with E-state index in [0.717, 1.165) is 0 Å². The van der Waals surface area contributed by atoms with E-state index in [1.165, 1.54) is 36.4 Å². The molecule has 0 aliphatic carbocycles. The third-order valence-corrected chi connectivity index (χ3v) is 3.71. The van der Waals surface area contributed by atoms with Crippen molar-refractivity contribution in [1.29, 1.82) is 0 Å². The van der Waals surface area contributed by atoms with Crippen LogP contribution in [-0.2, 0) is 11.3 Å². The predicted molar refractivity (Wildman–Crippen MR) is 91.0 cm³/mol. The van der Waals surface area contributed by atoms with Crippen LogP contribution in [0.1, 0.15) is 15.9 Å². The number of hydrogen-bond donors (Lipinski definition) is 2. The van der Waals surface area contributed by atoms with Crippen molar-refractivity contribution in [2.75, 3.05) is 17.7 Å². The summed E-state index contributed by atoms with van der Waals surface area (Å²) < 4.78 is 40.6. The van der Waals surface area contributed by atoms with Crippen molar-refractivity contribution < 1.29 is 22.7 Å². The molecule has 0 saturated carbocycles. The largest absolute Gasteiger partial charge is 0.411 e. The molecule has 4 nitrogen and oxygen atoms in total. The average Bonchev–Trinajstić information content (AvgIpc) is 2.52. The van der Waals surface area contributed by atoms with Gasteiger partial charge in [-0.2, -0.15) is 13.2 Å². The summed E-state index contributed by atoms with van der Waals surface area (Å²) >= 11 is 11.8. The van der Waals surface area contributed by atoms with Crippen molar-refractivity contribution >= 4 is 40.5 Å². The lowest BCUT2D eigenvalue weighted by Crippen LogP contribution is -2.16. The number of rotatable bonds is 5. The van der Waals surface area contributed by atoms with Crippen LogP contribution in [0.5, 0.6) is 0 Å². The molecule has 1 amide bonds. The Bertz CT molecular complexity index is 742. The van der Waals surface area contributed by atoms with Crippen molar-refractivity contribution in [3.8, 4) is 0 Å². The van der Waals surface area contributed by atoms with Gasteiger partial charge in [-0.1, -0.05) is 35.3 Å². The summed E-state index contributed by atoms with van der Waals surface area (Å²) in [6.45, 7) is -1.53. The van der Waals surface area contributed by atoms with Gasteiger partial charge in [0, 0.05) is 11.3 Å². The quantitative estimate of drug-likeness (QED) is 0.710. The van der Waals surface area contributed by atoms with E-state index in [2.05, 4.69) is 10.1 Å². The Morgan fingerprint density at radius 3 is 2.20 bits per heavy atom. The maximum atomic E-state index is 12.2. The second-order valence-corrected chi connectivity index (χ2v) is 5.93. The Balaban J connectivity index is 1.98. The van der Waals surface area contributed by atoms with E-state index < -0.39 is 18.7 Å². The standard InChI is InChI=1S/C16H13Cl2F3N2O2/c17-12-5-11(6-13(18)14(12)22)23-15(24)10-3-1-9(2-4-10)7-25-8-16(19,20)21/h1-6H,7-8,22H2,(H,23,24). The molecule has 2 rings (SSSR count). The van der Waals surface area contributed by atoms with E-state index in [-0.39, 0.29) is 22.3 Å². The molecule has 0 atom stereocenters. The number of ether oxygens (including phenoxy) is 1. The topological polar surface area (TPSA) is 64.3 Å². The molecule has 2 aromatic carbocycles. The van der Waals surface area contributed by atoms with Gasteiger partial charge in [-0.25, -0.2) is 0 Å². The molecule has 0 unspecified atom stereocenters. The number of amides is 1. The highest BCUT2D eigenvalue weighted by atomic mass is 35.5. The van der Waals surface area contributed by atoms with Gasteiger partial charge < -0.3 is 15.8 Å². The first-order valence-electron chi connectivity index (χ1n) is 6.95. The lowest BCUT2D eigenvalue weighted by atomic mass is 10.1. The fourth-order valence-corrected chi connectivity index (χ4v) is 2.38. The number of hydrogen-bond acceptors (Lipinski definition) is 3. The molecule has 0 heterocycles. The van der Waals surface area contributed by atoms with Crippen molar-refractivity contribution in [3.63, 3.8) is 0 Å². The van der Waals surface area contributed by atoms with Crippen LogP contribution >= 0.6 is 23.2 Å².